The lowest BCUT2D eigenvalue weighted by Crippen LogP contribution is -2.23. The molecule has 2 unspecified atom stereocenters. The fourth-order valence-electron chi connectivity index (χ4n) is 2.87. The van der Waals surface area contributed by atoms with E-state index in [-0.39, 0.29) is 6.10 Å². The molecule has 2 heterocycles. The summed E-state index contributed by atoms with van der Waals surface area (Å²) in [5.74, 6) is 0.875. The smallest absolute Gasteiger partial charge is 0.133 e. The Balaban J connectivity index is 1.64. The topological polar surface area (TPSA) is 42.4 Å². The van der Waals surface area contributed by atoms with Crippen LogP contribution in [-0.4, -0.2) is 16.2 Å². The maximum absolute atomic E-state index is 10.6. The van der Waals surface area contributed by atoms with Gasteiger partial charge in [-0.15, -0.1) is 0 Å². The van der Waals surface area contributed by atoms with Gasteiger partial charge in [0.1, 0.15) is 18.0 Å². The van der Waals surface area contributed by atoms with Gasteiger partial charge >= 0.3 is 0 Å². The molecule has 1 aliphatic heterocycles. The molecule has 0 spiro atoms. The molecule has 2 aromatic carbocycles. The van der Waals surface area contributed by atoms with E-state index in [1.165, 1.54) is 0 Å². The summed E-state index contributed by atoms with van der Waals surface area (Å²) in [6.07, 6.45) is 1.62. The average molecular weight is 277 g/mol. The van der Waals surface area contributed by atoms with E-state index in [1.54, 1.807) is 6.20 Å². The third-order valence-corrected chi connectivity index (χ3v) is 4.00. The normalized spacial score (nSPS) is 18.2. The minimum absolute atomic E-state index is 0.233. The van der Waals surface area contributed by atoms with E-state index in [1.807, 2.05) is 54.6 Å². The van der Waals surface area contributed by atoms with Gasteiger partial charge in [0.2, 0.25) is 0 Å². The third kappa shape index (κ3) is 2.16. The number of para-hydroxylation sites is 1. The van der Waals surface area contributed by atoms with Gasteiger partial charge in [0, 0.05) is 18.0 Å². The summed E-state index contributed by atoms with van der Waals surface area (Å²) in [6, 6.07) is 17.7. The van der Waals surface area contributed by atoms with Gasteiger partial charge in [0.05, 0.1) is 5.52 Å². The second kappa shape index (κ2) is 4.86. The number of aromatic nitrogens is 1. The lowest BCUT2D eigenvalue weighted by atomic mass is 9.99. The molecule has 0 radical (unpaired) electrons. The highest BCUT2D eigenvalue weighted by molar-refractivity contribution is 5.78. The fraction of sp³-hybridized carbons (Fsp3) is 0.167. The van der Waals surface area contributed by atoms with E-state index in [2.05, 4.69) is 4.98 Å². The van der Waals surface area contributed by atoms with Gasteiger partial charge in [-0.1, -0.05) is 36.4 Å². The van der Waals surface area contributed by atoms with Crippen molar-refractivity contribution in [3.63, 3.8) is 0 Å². The molecule has 3 nitrogen and oxygen atoms in total. The first-order valence-electron chi connectivity index (χ1n) is 7.08. The van der Waals surface area contributed by atoms with Crippen LogP contribution < -0.4 is 4.74 Å². The van der Waals surface area contributed by atoms with Gasteiger partial charge < -0.3 is 9.84 Å². The monoisotopic (exact) mass is 277 g/mol. The Morgan fingerprint density at radius 2 is 2.00 bits per heavy atom. The molecule has 1 aromatic heterocycles. The number of pyridine rings is 1. The van der Waals surface area contributed by atoms with Crippen LogP contribution in [0.1, 0.15) is 17.2 Å². The van der Waals surface area contributed by atoms with Crippen molar-refractivity contribution in [1.82, 2.24) is 4.98 Å². The molecule has 1 N–H and O–H groups in total. The highest BCUT2D eigenvalue weighted by Crippen LogP contribution is 2.34. The molecule has 0 saturated heterocycles. The second-order valence-corrected chi connectivity index (χ2v) is 5.37. The van der Waals surface area contributed by atoms with Crippen LogP contribution in [0.3, 0.4) is 0 Å². The highest BCUT2D eigenvalue weighted by atomic mass is 16.5. The number of rotatable bonds is 2. The lowest BCUT2D eigenvalue weighted by Gasteiger charge is -2.18. The van der Waals surface area contributed by atoms with E-state index < -0.39 is 6.10 Å². The number of aliphatic hydroxyl groups is 1. The fourth-order valence-corrected chi connectivity index (χ4v) is 2.87. The van der Waals surface area contributed by atoms with Crippen molar-refractivity contribution in [2.45, 2.75) is 18.6 Å². The number of fused-ring (bicyclic) bond motifs is 2. The Labute approximate surface area is 122 Å². The zero-order chi connectivity index (χ0) is 14.2. The van der Waals surface area contributed by atoms with Crippen LogP contribution in [0.25, 0.3) is 10.9 Å². The first-order valence-corrected chi connectivity index (χ1v) is 7.08. The molecule has 0 amide bonds. The minimum atomic E-state index is -0.649. The molecule has 3 aromatic rings. The van der Waals surface area contributed by atoms with Crippen molar-refractivity contribution in [3.8, 4) is 5.75 Å². The third-order valence-electron chi connectivity index (χ3n) is 4.00. The van der Waals surface area contributed by atoms with Gasteiger partial charge in [0.15, 0.2) is 0 Å². The maximum atomic E-state index is 10.6. The number of hydrogen-bond donors (Lipinski definition) is 1. The van der Waals surface area contributed by atoms with Crippen LogP contribution in [0, 0.1) is 0 Å². The summed E-state index contributed by atoms with van der Waals surface area (Å²) in [5, 5.41) is 11.7. The largest absolute Gasteiger partial charge is 0.487 e. The van der Waals surface area contributed by atoms with Gasteiger partial charge in [-0.3, -0.25) is 4.98 Å². The molecule has 0 fully saturated rings. The summed E-state index contributed by atoms with van der Waals surface area (Å²) in [5.41, 5.74) is 2.89. The molecule has 21 heavy (non-hydrogen) atoms. The van der Waals surface area contributed by atoms with E-state index in [0.29, 0.717) is 0 Å². The van der Waals surface area contributed by atoms with Gasteiger partial charge in [-0.05, 0) is 29.3 Å². The number of ether oxygens (including phenoxy) is 1. The van der Waals surface area contributed by atoms with Crippen LogP contribution >= 0.6 is 0 Å². The number of benzene rings is 2. The molecule has 1 aliphatic rings. The Hall–Kier alpha value is -2.39. The van der Waals surface area contributed by atoms with E-state index in [4.69, 9.17) is 4.74 Å². The molecule has 0 aliphatic carbocycles. The minimum Gasteiger partial charge on any atom is -0.487 e. The number of hydrogen-bond acceptors (Lipinski definition) is 3. The first-order chi connectivity index (χ1) is 10.3. The molecule has 0 bridgehead atoms. The van der Waals surface area contributed by atoms with Crippen molar-refractivity contribution in [1.29, 1.82) is 0 Å². The summed E-state index contributed by atoms with van der Waals surface area (Å²) in [6.45, 7) is 0. The molecular weight excluding hydrogens is 262 g/mol. The Morgan fingerprint density at radius 1 is 1.10 bits per heavy atom. The SMILES string of the molecule is OC(c1ccc2cccnc2c1)C1Cc2ccccc2O1. The molecule has 0 saturated carbocycles. The van der Waals surface area contributed by atoms with Crippen molar-refractivity contribution >= 4 is 10.9 Å². The van der Waals surface area contributed by atoms with E-state index in [0.717, 1.165) is 34.2 Å². The van der Waals surface area contributed by atoms with Crippen LogP contribution in [0.4, 0.5) is 0 Å². The van der Waals surface area contributed by atoms with Crippen molar-refractivity contribution < 1.29 is 9.84 Å². The molecule has 3 heteroatoms. The van der Waals surface area contributed by atoms with Gasteiger partial charge in [0.25, 0.3) is 0 Å². The first kappa shape index (κ1) is 12.4. The van der Waals surface area contributed by atoms with Crippen molar-refractivity contribution in [2.24, 2.45) is 0 Å². The summed E-state index contributed by atoms with van der Waals surface area (Å²) >= 11 is 0. The Morgan fingerprint density at radius 3 is 2.90 bits per heavy atom. The van der Waals surface area contributed by atoms with Crippen molar-refractivity contribution in [2.75, 3.05) is 0 Å². The summed E-state index contributed by atoms with van der Waals surface area (Å²) in [4.78, 5) is 4.34. The lowest BCUT2D eigenvalue weighted by molar-refractivity contribution is 0.0493. The van der Waals surface area contributed by atoms with Crippen LogP contribution in [0.5, 0.6) is 5.75 Å². The van der Waals surface area contributed by atoms with Crippen LogP contribution in [-0.2, 0) is 6.42 Å². The second-order valence-electron chi connectivity index (χ2n) is 5.37. The zero-order valence-corrected chi connectivity index (χ0v) is 11.4. The zero-order valence-electron chi connectivity index (χ0n) is 11.4. The van der Waals surface area contributed by atoms with Crippen LogP contribution in [0.2, 0.25) is 0 Å². The molecule has 4 rings (SSSR count). The van der Waals surface area contributed by atoms with Crippen LogP contribution in [0.15, 0.2) is 60.8 Å². The Bertz CT molecular complexity index is 775. The molecular formula is C18H15NO2. The number of aliphatic hydroxyl groups excluding tert-OH is 1. The van der Waals surface area contributed by atoms with Gasteiger partial charge in [-0.2, -0.15) is 0 Å². The predicted molar refractivity (Wildman–Crippen MR) is 81.3 cm³/mol. The predicted octanol–water partition coefficient (Wildman–Crippen LogP) is 3.27. The quantitative estimate of drug-likeness (QED) is 0.781. The average Bonchev–Trinajstić information content (AvgIpc) is 2.97. The number of nitrogens with zero attached hydrogens (tertiary/aromatic N) is 1. The highest BCUT2D eigenvalue weighted by Gasteiger charge is 2.29. The summed E-state index contributed by atoms with van der Waals surface area (Å²) in [7, 11) is 0. The van der Waals surface area contributed by atoms with E-state index >= 15 is 0 Å². The van der Waals surface area contributed by atoms with Gasteiger partial charge in [-0.25, -0.2) is 0 Å². The Kier molecular flexibility index (Phi) is 2.86. The molecule has 2 atom stereocenters. The maximum Gasteiger partial charge on any atom is 0.133 e. The summed E-state index contributed by atoms with van der Waals surface area (Å²) < 4.78 is 5.86. The van der Waals surface area contributed by atoms with Crippen molar-refractivity contribution in [3.05, 3.63) is 71.9 Å². The standard InChI is InChI=1S/C18H15NO2/c20-18(17-11-13-4-1-2-6-16(13)21-17)14-8-7-12-5-3-9-19-15(12)10-14/h1-10,17-18,20H,11H2. The van der Waals surface area contributed by atoms with E-state index in [9.17, 15) is 5.11 Å². The molecule has 104 valence electrons.